The van der Waals surface area contributed by atoms with Crippen molar-refractivity contribution in [1.82, 2.24) is 25.4 Å². The molecule has 2 aromatic carbocycles. The molecule has 0 saturated heterocycles. The zero-order valence-corrected chi connectivity index (χ0v) is 16.0. The molecule has 5 N–H and O–H groups in total. The van der Waals surface area contributed by atoms with Crippen molar-refractivity contribution in [2.45, 2.75) is 18.0 Å². The minimum Gasteiger partial charge on any atom is -0.364 e. The number of nitrogens with one attached hydrogen (secondary N) is 3. The first kappa shape index (κ1) is 18.8. The van der Waals surface area contributed by atoms with Crippen molar-refractivity contribution in [1.29, 1.82) is 0 Å². The number of H-pyrrole nitrogens is 1. The van der Waals surface area contributed by atoms with Crippen LogP contribution in [0.25, 0.3) is 11.2 Å². The van der Waals surface area contributed by atoms with E-state index < -0.39 is 10.0 Å². The van der Waals surface area contributed by atoms with Crippen molar-refractivity contribution in [3.63, 3.8) is 0 Å². The van der Waals surface area contributed by atoms with Gasteiger partial charge in [-0.25, -0.2) is 13.6 Å². The average Bonchev–Trinajstić information content (AvgIpc) is 3.20. The number of benzene rings is 2. The van der Waals surface area contributed by atoms with Crippen molar-refractivity contribution in [3.05, 3.63) is 65.7 Å². The number of sulfonamides is 1. The number of aromatic amines is 1. The summed E-state index contributed by atoms with van der Waals surface area (Å²) >= 11 is 0. The Morgan fingerprint density at radius 2 is 1.55 bits per heavy atom. The predicted octanol–water partition coefficient (Wildman–Crippen LogP) is 1.62. The Bertz CT molecular complexity index is 1220. The zero-order valence-electron chi connectivity index (χ0n) is 15.2. The van der Waals surface area contributed by atoms with Gasteiger partial charge in [-0.15, -0.1) is 5.10 Å². The van der Waals surface area contributed by atoms with Gasteiger partial charge in [0.15, 0.2) is 11.3 Å². The van der Waals surface area contributed by atoms with Crippen LogP contribution in [0, 0.1) is 0 Å². The molecule has 29 heavy (non-hydrogen) atoms. The van der Waals surface area contributed by atoms with E-state index in [0.29, 0.717) is 36.0 Å². The van der Waals surface area contributed by atoms with Crippen LogP contribution in [0.4, 0.5) is 11.8 Å². The van der Waals surface area contributed by atoms with Crippen LogP contribution in [0.3, 0.4) is 0 Å². The van der Waals surface area contributed by atoms with Crippen LogP contribution in [0.15, 0.2) is 59.5 Å². The maximum atomic E-state index is 11.4. The minimum absolute atomic E-state index is 0.0644. The lowest BCUT2D eigenvalue weighted by Gasteiger charge is -2.09. The van der Waals surface area contributed by atoms with E-state index >= 15 is 0 Å². The zero-order chi connectivity index (χ0) is 20.3. The molecule has 10 nitrogen and oxygen atoms in total. The van der Waals surface area contributed by atoms with E-state index in [1.807, 2.05) is 30.3 Å². The third-order valence-corrected chi connectivity index (χ3v) is 5.12. The first-order valence-corrected chi connectivity index (χ1v) is 10.3. The van der Waals surface area contributed by atoms with Gasteiger partial charge in [-0.05, 0) is 23.3 Å². The summed E-state index contributed by atoms with van der Waals surface area (Å²) in [5, 5.41) is 22.2. The molecular weight excluding hydrogens is 392 g/mol. The SMILES string of the molecule is NS(=O)(=O)c1ccc(CNc2nc(NCc3ccccc3)nc3n[nH]nc23)cc1. The largest absolute Gasteiger partial charge is 0.364 e. The number of nitrogens with zero attached hydrogens (tertiary/aromatic N) is 4. The number of hydrogen-bond donors (Lipinski definition) is 4. The summed E-state index contributed by atoms with van der Waals surface area (Å²) < 4.78 is 22.7. The van der Waals surface area contributed by atoms with Crippen LogP contribution in [0.2, 0.25) is 0 Å². The highest BCUT2D eigenvalue weighted by atomic mass is 32.2. The Kier molecular flexibility index (Phi) is 5.06. The normalized spacial score (nSPS) is 11.5. The monoisotopic (exact) mass is 410 g/mol. The molecule has 4 rings (SSSR count). The van der Waals surface area contributed by atoms with Gasteiger partial charge in [-0.2, -0.15) is 20.3 Å². The summed E-state index contributed by atoms with van der Waals surface area (Å²) in [5.41, 5.74) is 2.89. The smallest absolute Gasteiger partial charge is 0.238 e. The number of rotatable bonds is 7. The molecule has 0 atom stereocenters. The Morgan fingerprint density at radius 1 is 0.862 bits per heavy atom. The van der Waals surface area contributed by atoms with Gasteiger partial charge in [0.2, 0.25) is 21.6 Å². The second-order valence-electron chi connectivity index (χ2n) is 6.27. The predicted molar refractivity (Wildman–Crippen MR) is 108 cm³/mol. The second-order valence-corrected chi connectivity index (χ2v) is 7.83. The van der Waals surface area contributed by atoms with Crippen LogP contribution in [-0.4, -0.2) is 33.8 Å². The van der Waals surface area contributed by atoms with E-state index in [1.165, 1.54) is 12.1 Å². The van der Waals surface area contributed by atoms with E-state index in [1.54, 1.807) is 12.1 Å². The molecule has 0 unspecified atom stereocenters. The number of anilines is 2. The van der Waals surface area contributed by atoms with Crippen molar-refractivity contribution in [2.24, 2.45) is 5.14 Å². The van der Waals surface area contributed by atoms with Gasteiger partial charge in [-0.1, -0.05) is 42.5 Å². The lowest BCUT2D eigenvalue weighted by atomic mass is 10.2. The fourth-order valence-corrected chi connectivity index (χ4v) is 3.22. The first-order valence-electron chi connectivity index (χ1n) is 8.71. The Hall–Kier alpha value is -3.57. The van der Waals surface area contributed by atoms with Gasteiger partial charge >= 0.3 is 0 Å². The van der Waals surface area contributed by atoms with Crippen LogP contribution < -0.4 is 15.8 Å². The van der Waals surface area contributed by atoms with Crippen molar-refractivity contribution < 1.29 is 8.42 Å². The highest BCUT2D eigenvalue weighted by Crippen LogP contribution is 2.19. The van der Waals surface area contributed by atoms with E-state index in [9.17, 15) is 8.42 Å². The fourth-order valence-electron chi connectivity index (χ4n) is 2.71. The number of hydrogen-bond acceptors (Lipinski definition) is 8. The molecule has 0 aliphatic rings. The second kappa shape index (κ2) is 7.81. The van der Waals surface area contributed by atoms with Gasteiger partial charge in [0.05, 0.1) is 4.90 Å². The summed E-state index contributed by atoms with van der Waals surface area (Å²) in [6.45, 7) is 0.973. The van der Waals surface area contributed by atoms with Gasteiger partial charge in [0, 0.05) is 13.1 Å². The molecule has 4 aromatic rings. The number of primary sulfonamides is 1. The summed E-state index contributed by atoms with van der Waals surface area (Å²) in [6.07, 6.45) is 0. The quantitative estimate of drug-likeness (QED) is 0.359. The van der Waals surface area contributed by atoms with E-state index in [4.69, 9.17) is 5.14 Å². The molecule has 0 radical (unpaired) electrons. The van der Waals surface area contributed by atoms with Crippen LogP contribution in [-0.2, 0) is 23.1 Å². The average molecular weight is 410 g/mol. The van der Waals surface area contributed by atoms with E-state index in [0.717, 1.165) is 11.1 Å². The van der Waals surface area contributed by atoms with E-state index in [2.05, 4.69) is 36.0 Å². The number of fused-ring (bicyclic) bond motifs is 1. The van der Waals surface area contributed by atoms with E-state index in [-0.39, 0.29) is 4.90 Å². The summed E-state index contributed by atoms with van der Waals surface area (Å²) in [7, 11) is -3.71. The maximum Gasteiger partial charge on any atom is 0.238 e. The summed E-state index contributed by atoms with van der Waals surface area (Å²) in [6, 6.07) is 16.2. The Labute approximate surface area is 166 Å². The lowest BCUT2D eigenvalue weighted by Crippen LogP contribution is -2.12. The van der Waals surface area contributed by atoms with Gasteiger partial charge in [-0.3, -0.25) is 0 Å². The highest BCUT2D eigenvalue weighted by Gasteiger charge is 2.12. The minimum atomic E-state index is -3.71. The maximum absolute atomic E-state index is 11.4. The van der Waals surface area contributed by atoms with Gasteiger partial charge in [0.25, 0.3) is 0 Å². The molecule has 0 bridgehead atoms. The molecule has 0 fully saturated rings. The van der Waals surface area contributed by atoms with Crippen molar-refractivity contribution in [3.8, 4) is 0 Å². The van der Waals surface area contributed by atoms with Crippen molar-refractivity contribution in [2.75, 3.05) is 10.6 Å². The third kappa shape index (κ3) is 4.47. The molecule has 0 amide bonds. The van der Waals surface area contributed by atoms with Gasteiger partial charge < -0.3 is 10.6 Å². The molecule has 0 spiro atoms. The summed E-state index contributed by atoms with van der Waals surface area (Å²) in [4.78, 5) is 8.91. The standard InChI is InChI=1S/C18H18N8O2S/c19-29(27,28)14-8-6-13(7-9-14)10-20-16-15-17(25-26-24-15)23-18(22-16)21-11-12-4-2-1-3-5-12/h1-9H,10-11H2,(H2,19,27,28)(H3,20,21,22,23,24,25,26). The Balaban J connectivity index is 1.51. The topological polar surface area (TPSA) is 152 Å². The molecule has 0 aliphatic heterocycles. The number of nitrogens with two attached hydrogens (primary N) is 1. The molecule has 0 aliphatic carbocycles. The first-order chi connectivity index (χ1) is 14.0. The molecule has 11 heteroatoms. The van der Waals surface area contributed by atoms with Gasteiger partial charge in [0.1, 0.15) is 0 Å². The third-order valence-electron chi connectivity index (χ3n) is 4.19. The van der Waals surface area contributed by atoms with Crippen LogP contribution in [0.1, 0.15) is 11.1 Å². The molecule has 0 saturated carbocycles. The molecular formula is C18H18N8O2S. The molecule has 148 valence electrons. The number of aromatic nitrogens is 5. The molecule has 2 aromatic heterocycles. The fraction of sp³-hybridized carbons (Fsp3) is 0.111. The van der Waals surface area contributed by atoms with Crippen LogP contribution >= 0.6 is 0 Å². The highest BCUT2D eigenvalue weighted by molar-refractivity contribution is 7.89. The Morgan fingerprint density at radius 3 is 2.28 bits per heavy atom. The lowest BCUT2D eigenvalue weighted by molar-refractivity contribution is 0.598. The van der Waals surface area contributed by atoms with Crippen LogP contribution in [0.5, 0.6) is 0 Å². The molecule has 2 heterocycles. The summed E-state index contributed by atoms with van der Waals surface area (Å²) in [5.74, 6) is 0.928. The van der Waals surface area contributed by atoms with Crippen molar-refractivity contribution >= 4 is 33.0 Å².